The summed E-state index contributed by atoms with van der Waals surface area (Å²) in [4.78, 5) is 0. The topological polar surface area (TPSA) is 18.5 Å². The van der Waals surface area contributed by atoms with E-state index in [0.717, 1.165) is 5.76 Å². The quantitative estimate of drug-likeness (QED) is 0.418. The maximum absolute atomic E-state index is 5.85. The lowest BCUT2D eigenvalue weighted by molar-refractivity contribution is -0.0744. The van der Waals surface area contributed by atoms with E-state index in [9.17, 15) is 0 Å². The first kappa shape index (κ1) is 11.3. The van der Waals surface area contributed by atoms with Crippen LogP contribution in [0.2, 0.25) is 0 Å². The zero-order valence-corrected chi connectivity index (χ0v) is 10.3. The molecule has 0 aromatic rings. The van der Waals surface area contributed by atoms with E-state index in [0.29, 0.717) is 17.6 Å². The van der Waals surface area contributed by atoms with Crippen LogP contribution in [0.4, 0.5) is 0 Å². The molecule has 0 radical (unpaired) electrons. The Morgan fingerprint density at radius 1 is 1.47 bits per heavy atom. The van der Waals surface area contributed by atoms with Crippen molar-refractivity contribution in [3.05, 3.63) is 12.3 Å². The van der Waals surface area contributed by atoms with E-state index in [4.69, 9.17) is 9.47 Å². The maximum Gasteiger partial charge on any atom is 0.188 e. The molecular formula is C12H20O2S. The lowest BCUT2D eigenvalue weighted by Crippen LogP contribution is -2.30. The molecule has 3 heteroatoms. The van der Waals surface area contributed by atoms with Gasteiger partial charge in [-0.1, -0.05) is 25.8 Å². The van der Waals surface area contributed by atoms with Gasteiger partial charge in [-0.15, -0.1) is 0 Å². The van der Waals surface area contributed by atoms with Crippen LogP contribution in [0.15, 0.2) is 12.3 Å². The van der Waals surface area contributed by atoms with Crippen LogP contribution in [-0.2, 0) is 9.47 Å². The van der Waals surface area contributed by atoms with E-state index < -0.39 is 0 Å². The van der Waals surface area contributed by atoms with Crippen molar-refractivity contribution in [3.8, 4) is 0 Å². The van der Waals surface area contributed by atoms with E-state index in [2.05, 4.69) is 18.3 Å². The normalized spacial score (nSPS) is 34.9. The lowest BCUT2D eigenvalue weighted by Gasteiger charge is -2.23. The summed E-state index contributed by atoms with van der Waals surface area (Å²) in [6.07, 6.45) is 6.98. The zero-order valence-electron chi connectivity index (χ0n) is 9.46. The van der Waals surface area contributed by atoms with Crippen LogP contribution in [-0.4, -0.2) is 23.4 Å². The molecule has 0 aromatic carbocycles. The minimum atomic E-state index is 0.377. The molecule has 0 amide bonds. The monoisotopic (exact) mass is 228 g/mol. The van der Waals surface area contributed by atoms with Gasteiger partial charge in [-0.25, -0.2) is 0 Å². The van der Waals surface area contributed by atoms with Crippen LogP contribution in [0, 0.1) is 0 Å². The van der Waals surface area contributed by atoms with E-state index in [1.54, 1.807) is 0 Å². The molecule has 2 unspecified atom stereocenters. The predicted octanol–water partition coefficient (Wildman–Crippen LogP) is 3.33. The van der Waals surface area contributed by atoms with Gasteiger partial charge in [0, 0.05) is 5.75 Å². The molecule has 0 bridgehead atoms. The van der Waals surface area contributed by atoms with Gasteiger partial charge in [0.15, 0.2) is 6.79 Å². The molecule has 15 heavy (non-hydrogen) atoms. The maximum atomic E-state index is 5.85. The van der Waals surface area contributed by atoms with Gasteiger partial charge < -0.3 is 9.47 Å². The summed E-state index contributed by atoms with van der Waals surface area (Å²) in [5.41, 5.74) is 0. The number of rotatable bonds is 4. The molecule has 1 spiro atoms. The number of hydrogen-bond acceptors (Lipinski definition) is 3. The molecule has 2 nitrogen and oxygen atoms in total. The fourth-order valence-corrected chi connectivity index (χ4v) is 3.41. The van der Waals surface area contributed by atoms with Crippen LogP contribution in [0.5, 0.6) is 0 Å². The van der Waals surface area contributed by atoms with Gasteiger partial charge in [0.05, 0.1) is 16.6 Å². The fourth-order valence-electron chi connectivity index (χ4n) is 2.23. The Kier molecular flexibility index (Phi) is 3.62. The Balaban J connectivity index is 1.80. The first-order chi connectivity index (χ1) is 7.23. The number of hydrogen-bond donors (Lipinski definition) is 0. The molecule has 1 saturated carbocycles. The second-order valence-electron chi connectivity index (χ2n) is 4.57. The third kappa shape index (κ3) is 2.91. The Bertz CT molecular complexity index is 236. The van der Waals surface area contributed by atoms with Crippen LogP contribution < -0.4 is 0 Å². The van der Waals surface area contributed by atoms with Crippen molar-refractivity contribution in [1.29, 1.82) is 0 Å². The highest BCUT2D eigenvalue weighted by atomic mass is 32.2. The predicted molar refractivity (Wildman–Crippen MR) is 63.9 cm³/mol. The van der Waals surface area contributed by atoms with Gasteiger partial charge >= 0.3 is 0 Å². The first-order valence-electron chi connectivity index (χ1n) is 5.77. The van der Waals surface area contributed by atoms with Crippen molar-refractivity contribution in [2.24, 2.45) is 0 Å². The minimum Gasteiger partial charge on any atom is -0.473 e. The number of allylic oxidation sites excluding steroid dienone is 1. The largest absolute Gasteiger partial charge is 0.473 e. The van der Waals surface area contributed by atoms with Gasteiger partial charge in [-0.3, -0.25) is 0 Å². The van der Waals surface area contributed by atoms with E-state index >= 15 is 0 Å². The van der Waals surface area contributed by atoms with Crippen molar-refractivity contribution in [2.45, 2.75) is 49.9 Å². The number of thioether (sulfide) groups is 1. The minimum absolute atomic E-state index is 0.377. The third-order valence-electron chi connectivity index (χ3n) is 3.24. The molecule has 86 valence electrons. The third-order valence-corrected chi connectivity index (χ3v) is 4.74. The molecule has 2 fully saturated rings. The van der Waals surface area contributed by atoms with E-state index in [1.165, 1.54) is 37.9 Å². The standard InChI is InChI=1S/C12H20O2S/c1-10(2)13-9-14-11-6-4-3-5-7-12(11)8-15-12/h11H,1,3-9H2,2H3. The smallest absolute Gasteiger partial charge is 0.188 e. The lowest BCUT2D eigenvalue weighted by atomic mass is 9.99. The molecule has 0 aromatic heterocycles. The van der Waals surface area contributed by atoms with Crippen molar-refractivity contribution >= 4 is 11.8 Å². The first-order valence-corrected chi connectivity index (χ1v) is 6.75. The molecule has 0 N–H and O–H groups in total. The average molecular weight is 228 g/mol. The second kappa shape index (κ2) is 4.79. The van der Waals surface area contributed by atoms with Crippen LogP contribution in [0.25, 0.3) is 0 Å². The molecule has 1 heterocycles. The highest BCUT2D eigenvalue weighted by molar-refractivity contribution is 8.08. The summed E-state index contributed by atoms with van der Waals surface area (Å²) in [7, 11) is 0. The van der Waals surface area contributed by atoms with Crippen molar-refractivity contribution in [3.63, 3.8) is 0 Å². The van der Waals surface area contributed by atoms with Gasteiger partial charge in [0.25, 0.3) is 0 Å². The number of ether oxygens (including phenoxy) is 2. The molecule has 2 aliphatic rings. The Morgan fingerprint density at radius 2 is 2.27 bits per heavy atom. The van der Waals surface area contributed by atoms with Crippen LogP contribution in [0.1, 0.15) is 39.0 Å². The highest BCUT2D eigenvalue weighted by Gasteiger charge is 2.51. The van der Waals surface area contributed by atoms with Gasteiger partial charge in [0.2, 0.25) is 0 Å². The Labute approximate surface area is 96.4 Å². The van der Waals surface area contributed by atoms with Crippen LogP contribution in [0.3, 0.4) is 0 Å². The highest BCUT2D eigenvalue weighted by Crippen LogP contribution is 2.54. The fraction of sp³-hybridized carbons (Fsp3) is 0.833. The molecule has 2 atom stereocenters. The summed E-state index contributed by atoms with van der Waals surface area (Å²) in [6.45, 7) is 5.94. The van der Waals surface area contributed by atoms with Crippen molar-refractivity contribution < 1.29 is 9.47 Å². The van der Waals surface area contributed by atoms with Crippen molar-refractivity contribution in [1.82, 2.24) is 0 Å². The molecule has 2 rings (SSSR count). The van der Waals surface area contributed by atoms with E-state index in [1.807, 2.05) is 6.92 Å². The van der Waals surface area contributed by atoms with Crippen molar-refractivity contribution in [2.75, 3.05) is 12.5 Å². The summed E-state index contributed by atoms with van der Waals surface area (Å²) in [5, 5.41) is 0. The van der Waals surface area contributed by atoms with Gasteiger partial charge in [0.1, 0.15) is 0 Å². The summed E-state index contributed by atoms with van der Waals surface area (Å²) in [5.74, 6) is 2.02. The second-order valence-corrected chi connectivity index (χ2v) is 5.96. The average Bonchev–Trinajstić information content (AvgIpc) is 2.97. The Hall–Kier alpha value is -0.150. The van der Waals surface area contributed by atoms with Gasteiger partial charge in [-0.2, -0.15) is 11.8 Å². The summed E-state index contributed by atoms with van der Waals surface area (Å²) >= 11 is 2.07. The Morgan fingerprint density at radius 3 is 2.93 bits per heavy atom. The summed E-state index contributed by atoms with van der Waals surface area (Å²) < 4.78 is 11.6. The van der Waals surface area contributed by atoms with E-state index in [-0.39, 0.29) is 0 Å². The van der Waals surface area contributed by atoms with Gasteiger partial charge in [-0.05, 0) is 19.8 Å². The molecule has 1 saturated heterocycles. The molecule has 1 aliphatic heterocycles. The molecular weight excluding hydrogens is 208 g/mol. The molecule has 1 aliphatic carbocycles. The zero-order chi connectivity index (χ0) is 10.7. The summed E-state index contributed by atoms with van der Waals surface area (Å²) in [6, 6.07) is 0. The van der Waals surface area contributed by atoms with Crippen LogP contribution >= 0.6 is 11.8 Å². The SMILES string of the molecule is C=C(C)OCOC1CCCCCC12CS2.